The van der Waals surface area contributed by atoms with Crippen molar-refractivity contribution in [1.29, 1.82) is 0 Å². The molecule has 1 spiro atoms. The number of rotatable bonds is 4. The number of carbonyl (C=O) groups is 3. The molecule has 1 aliphatic carbocycles. The van der Waals surface area contributed by atoms with Gasteiger partial charge in [-0.15, -0.1) is 0 Å². The van der Waals surface area contributed by atoms with Crippen molar-refractivity contribution >= 4 is 17.7 Å². The Balaban J connectivity index is 1.26. The molecule has 3 aliphatic heterocycles. The fraction of sp³-hybridized carbons (Fsp3) is 0.625. The van der Waals surface area contributed by atoms with Gasteiger partial charge in [0.15, 0.2) is 0 Å². The van der Waals surface area contributed by atoms with E-state index in [9.17, 15) is 14.4 Å². The van der Waals surface area contributed by atoms with Crippen LogP contribution in [0.15, 0.2) is 18.2 Å². The van der Waals surface area contributed by atoms with Gasteiger partial charge in [-0.1, -0.05) is 31.4 Å². The van der Waals surface area contributed by atoms with E-state index in [4.69, 9.17) is 0 Å². The molecule has 0 aromatic heterocycles. The van der Waals surface area contributed by atoms with Crippen LogP contribution in [-0.4, -0.2) is 46.8 Å². The Kier molecular flexibility index (Phi) is 5.56. The van der Waals surface area contributed by atoms with Crippen molar-refractivity contribution in [2.75, 3.05) is 6.54 Å². The summed E-state index contributed by atoms with van der Waals surface area (Å²) in [7, 11) is 0. The van der Waals surface area contributed by atoms with Crippen LogP contribution >= 0.6 is 0 Å². The standard InChI is InChI=1S/C24H32N4O3/c29-21-8-7-20(22(30)27-21)28-15-19-16(5-4-6-18(19)23(28)31)14-25-17-9-12-26-24(13-17)10-2-1-3-11-24/h4-6,17,20,25-26H,1-3,7-15H2,(H,27,29,30). The molecule has 5 rings (SSSR count). The number of fused-ring (bicyclic) bond motifs is 1. The fourth-order valence-corrected chi connectivity index (χ4v) is 6.01. The zero-order valence-corrected chi connectivity index (χ0v) is 18.0. The summed E-state index contributed by atoms with van der Waals surface area (Å²) in [4.78, 5) is 38.4. The molecular weight excluding hydrogens is 392 g/mol. The number of hydrogen-bond donors (Lipinski definition) is 3. The van der Waals surface area contributed by atoms with Crippen molar-refractivity contribution in [3.63, 3.8) is 0 Å². The molecule has 166 valence electrons. The van der Waals surface area contributed by atoms with Crippen LogP contribution in [0.4, 0.5) is 0 Å². The van der Waals surface area contributed by atoms with E-state index in [-0.39, 0.29) is 24.1 Å². The van der Waals surface area contributed by atoms with Crippen LogP contribution in [0.25, 0.3) is 0 Å². The van der Waals surface area contributed by atoms with Gasteiger partial charge >= 0.3 is 0 Å². The first-order valence-electron chi connectivity index (χ1n) is 11.8. The molecule has 2 atom stereocenters. The van der Waals surface area contributed by atoms with Gasteiger partial charge in [-0.3, -0.25) is 19.7 Å². The van der Waals surface area contributed by atoms with E-state index in [2.05, 4.69) is 22.0 Å². The summed E-state index contributed by atoms with van der Waals surface area (Å²) in [5, 5.41) is 9.95. The van der Waals surface area contributed by atoms with E-state index in [0.29, 0.717) is 30.1 Å². The first-order chi connectivity index (χ1) is 15.0. The molecular formula is C24H32N4O3. The van der Waals surface area contributed by atoms with E-state index in [0.717, 1.165) is 30.6 Å². The average molecular weight is 425 g/mol. The van der Waals surface area contributed by atoms with Gasteiger partial charge in [0.25, 0.3) is 5.91 Å². The molecule has 1 aromatic rings. The van der Waals surface area contributed by atoms with Gasteiger partial charge in [0.1, 0.15) is 6.04 Å². The van der Waals surface area contributed by atoms with Crippen LogP contribution in [0, 0.1) is 0 Å². The average Bonchev–Trinajstić information content (AvgIpc) is 3.10. The molecule has 3 fully saturated rings. The lowest BCUT2D eigenvalue weighted by molar-refractivity contribution is -0.136. The van der Waals surface area contributed by atoms with Crippen LogP contribution in [0.2, 0.25) is 0 Å². The molecule has 3 amide bonds. The van der Waals surface area contributed by atoms with Gasteiger partial charge in [0.2, 0.25) is 11.8 Å². The maximum atomic E-state index is 13.0. The van der Waals surface area contributed by atoms with Gasteiger partial charge in [0, 0.05) is 36.7 Å². The van der Waals surface area contributed by atoms with E-state index in [1.165, 1.54) is 38.5 Å². The van der Waals surface area contributed by atoms with Crippen molar-refractivity contribution in [2.24, 2.45) is 0 Å². The van der Waals surface area contributed by atoms with E-state index in [1.807, 2.05) is 12.1 Å². The van der Waals surface area contributed by atoms with Gasteiger partial charge in [-0.2, -0.15) is 0 Å². The Hall–Kier alpha value is -2.25. The highest BCUT2D eigenvalue weighted by atomic mass is 16.2. The number of hydrogen-bond acceptors (Lipinski definition) is 5. The second-order valence-corrected chi connectivity index (χ2v) is 9.68. The predicted octanol–water partition coefficient (Wildman–Crippen LogP) is 1.99. The predicted molar refractivity (Wildman–Crippen MR) is 116 cm³/mol. The van der Waals surface area contributed by atoms with Gasteiger partial charge in [-0.25, -0.2) is 0 Å². The number of nitrogens with zero attached hydrogens (tertiary/aromatic N) is 1. The Morgan fingerprint density at radius 2 is 1.94 bits per heavy atom. The summed E-state index contributed by atoms with van der Waals surface area (Å²) in [5.41, 5.74) is 3.16. The molecule has 3 N–H and O–H groups in total. The van der Waals surface area contributed by atoms with Crippen molar-refractivity contribution in [1.82, 2.24) is 20.9 Å². The summed E-state index contributed by atoms with van der Waals surface area (Å²) in [6.45, 7) is 2.24. The summed E-state index contributed by atoms with van der Waals surface area (Å²) < 4.78 is 0. The molecule has 3 heterocycles. The molecule has 1 aromatic carbocycles. The monoisotopic (exact) mass is 424 g/mol. The second kappa shape index (κ2) is 8.36. The van der Waals surface area contributed by atoms with Crippen molar-refractivity contribution in [3.05, 3.63) is 34.9 Å². The molecule has 31 heavy (non-hydrogen) atoms. The minimum Gasteiger partial charge on any atom is -0.322 e. The smallest absolute Gasteiger partial charge is 0.255 e. The number of amides is 3. The van der Waals surface area contributed by atoms with Gasteiger partial charge in [0.05, 0.1) is 0 Å². The van der Waals surface area contributed by atoms with Crippen molar-refractivity contribution < 1.29 is 14.4 Å². The van der Waals surface area contributed by atoms with E-state index >= 15 is 0 Å². The third-order valence-corrected chi connectivity index (χ3v) is 7.70. The lowest BCUT2D eigenvalue weighted by Crippen LogP contribution is -2.56. The minimum atomic E-state index is -0.561. The van der Waals surface area contributed by atoms with Crippen molar-refractivity contribution in [3.8, 4) is 0 Å². The Labute approximate surface area is 183 Å². The lowest BCUT2D eigenvalue weighted by Gasteiger charge is -2.45. The van der Waals surface area contributed by atoms with Crippen LogP contribution in [0.3, 0.4) is 0 Å². The largest absolute Gasteiger partial charge is 0.322 e. The molecule has 7 nitrogen and oxygen atoms in total. The van der Waals surface area contributed by atoms with Gasteiger partial charge < -0.3 is 15.5 Å². The maximum absolute atomic E-state index is 13.0. The normalized spacial score (nSPS) is 28.0. The zero-order chi connectivity index (χ0) is 21.4. The SMILES string of the molecule is O=C1CCC(N2Cc3c(CNC4CCNC5(CCCCC5)C4)cccc3C2=O)C(=O)N1. The summed E-state index contributed by atoms with van der Waals surface area (Å²) in [6.07, 6.45) is 9.53. The first kappa shape index (κ1) is 20.6. The highest BCUT2D eigenvalue weighted by molar-refractivity contribution is 6.05. The first-order valence-corrected chi connectivity index (χ1v) is 11.8. The molecule has 7 heteroatoms. The molecule has 2 saturated heterocycles. The fourth-order valence-electron chi connectivity index (χ4n) is 6.01. The minimum absolute atomic E-state index is 0.102. The Bertz CT molecular complexity index is 887. The van der Waals surface area contributed by atoms with Crippen LogP contribution in [0.5, 0.6) is 0 Å². The molecule has 1 saturated carbocycles. The van der Waals surface area contributed by atoms with E-state index < -0.39 is 6.04 Å². The quantitative estimate of drug-likeness (QED) is 0.643. The van der Waals surface area contributed by atoms with Crippen LogP contribution in [-0.2, 0) is 22.7 Å². The lowest BCUT2D eigenvalue weighted by atomic mass is 9.75. The number of piperidine rings is 2. The topological polar surface area (TPSA) is 90.5 Å². The van der Waals surface area contributed by atoms with Crippen molar-refractivity contribution in [2.45, 2.75) is 88.5 Å². The highest BCUT2D eigenvalue weighted by Crippen LogP contribution is 2.35. The summed E-state index contributed by atoms with van der Waals surface area (Å²) in [5.74, 6) is -0.716. The summed E-state index contributed by atoms with van der Waals surface area (Å²) in [6, 6.07) is 5.80. The molecule has 4 aliphatic rings. The van der Waals surface area contributed by atoms with Crippen LogP contribution < -0.4 is 16.0 Å². The maximum Gasteiger partial charge on any atom is 0.255 e. The molecule has 0 bridgehead atoms. The number of imide groups is 1. The van der Waals surface area contributed by atoms with Crippen LogP contribution in [0.1, 0.15) is 79.3 Å². The van der Waals surface area contributed by atoms with Gasteiger partial charge in [-0.05, 0) is 55.8 Å². The second-order valence-electron chi connectivity index (χ2n) is 9.68. The number of nitrogens with one attached hydrogen (secondary N) is 3. The molecule has 2 unspecified atom stereocenters. The van der Waals surface area contributed by atoms with E-state index in [1.54, 1.807) is 4.90 Å². The third-order valence-electron chi connectivity index (χ3n) is 7.70. The Morgan fingerprint density at radius 1 is 1.10 bits per heavy atom. The highest BCUT2D eigenvalue weighted by Gasteiger charge is 2.40. The molecule has 0 radical (unpaired) electrons. The number of carbonyl (C=O) groups excluding carboxylic acids is 3. The summed E-state index contributed by atoms with van der Waals surface area (Å²) >= 11 is 0. The zero-order valence-electron chi connectivity index (χ0n) is 18.0. The third kappa shape index (κ3) is 4.01. The number of benzene rings is 1. The Morgan fingerprint density at radius 3 is 2.74 bits per heavy atom.